The lowest BCUT2D eigenvalue weighted by atomic mass is 10.2. The lowest BCUT2D eigenvalue weighted by Gasteiger charge is -2.08. The van der Waals surface area contributed by atoms with Crippen LogP contribution in [0.5, 0.6) is 0 Å². The highest BCUT2D eigenvalue weighted by Crippen LogP contribution is 2.10. The molecule has 0 aliphatic rings. The van der Waals surface area contributed by atoms with Crippen molar-refractivity contribution < 1.29 is 4.79 Å². The first-order valence-electron chi connectivity index (χ1n) is 5.96. The van der Waals surface area contributed by atoms with Crippen LogP contribution < -0.4 is 16.4 Å². The van der Waals surface area contributed by atoms with Gasteiger partial charge in [0.15, 0.2) is 0 Å². The van der Waals surface area contributed by atoms with Gasteiger partial charge in [0, 0.05) is 17.6 Å². The molecular formula is C14H16N4O. The molecule has 1 heterocycles. The van der Waals surface area contributed by atoms with Crippen LogP contribution in [0.2, 0.25) is 0 Å². The Morgan fingerprint density at radius 1 is 1.26 bits per heavy atom. The summed E-state index contributed by atoms with van der Waals surface area (Å²) in [6.45, 7) is 2.36. The average molecular weight is 256 g/mol. The second-order valence-corrected chi connectivity index (χ2v) is 4.20. The lowest BCUT2D eigenvalue weighted by Crippen LogP contribution is -2.28. The number of hydrogen-bond donors (Lipinski definition) is 3. The Labute approximate surface area is 111 Å². The summed E-state index contributed by atoms with van der Waals surface area (Å²) in [5.74, 6) is 0. The zero-order valence-corrected chi connectivity index (χ0v) is 10.7. The largest absolute Gasteiger partial charge is 0.399 e. The first-order chi connectivity index (χ1) is 9.15. The number of rotatable bonds is 3. The van der Waals surface area contributed by atoms with E-state index in [9.17, 15) is 4.79 Å². The molecule has 0 unspecified atom stereocenters. The summed E-state index contributed by atoms with van der Waals surface area (Å²) in [6, 6.07) is 10.5. The molecule has 0 fully saturated rings. The number of carbonyl (C=O) groups is 1. The van der Waals surface area contributed by atoms with E-state index in [1.165, 1.54) is 0 Å². The zero-order valence-electron chi connectivity index (χ0n) is 10.7. The molecule has 1 aromatic heterocycles. The minimum atomic E-state index is -0.269. The van der Waals surface area contributed by atoms with E-state index in [4.69, 9.17) is 5.73 Å². The molecule has 0 radical (unpaired) electrons. The minimum Gasteiger partial charge on any atom is -0.399 e. The van der Waals surface area contributed by atoms with Gasteiger partial charge in [-0.3, -0.25) is 4.98 Å². The molecule has 98 valence electrons. The van der Waals surface area contributed by atoms with Gasteiger partial charge >= 0.3 is 6.03 Å². The maximum atomic E-state index is 11.7. The lowest BCUT2D eigenvalue weighted by molar-refractivity contribution is 0.251. The van der Waals surface area contributed by atoms with Crippen LogP contribution in [0.4, 0.5) is 16.2 Å². The zero-order chi connectivity index (χ0) is 13.7. The Hall–Kier alpha value is -2.56. The number of aryl methyl sites for hydroxylation is 1. The number of aromatic nitrogens is 1. The van der Waals surface area contributed by atoms with Crippen LogP contribution in [-0.2, 0) is 6.54 Å². The highest BCUT2D eigenvalue weighted by atomic mass is 16.2. The second kappa shape index (κ2) is 5.86. The van der Waals surface area contributed by atoms with Gasteiger partial charge in [-0.25, -0.2) is 4.79 Å². The Balaban J connectivity index is 1.88. The summed E-state index contributed by atoms with van der Waals surface area (Å²) in [7, 11) is 0. The van der Waals surface area contributed by atoms with Crippen molar-refractivity contribution in [3.8, 4) is 0 Å². The van der Waals surface area contributed by atoms with Gasteiger partial charge < -0.3 is 16.4 Å². The van der Waals surface area contributed by atoms with E-state index in [0.717, 1.165) is 11.3 Å². The fraction of sp³-hybridized carbons (Fsp3) is 0.143. The fourth-order valence-corrected chi connectivity index (χ4v) is 1.61. The number of benzene rings is 1. The number of nitrogens with zero attached hydrogens (tertiary/aromatic N) is 1. The van der Waals surface area contributed by atoms with E-state index in [0.29, 0.717) is 17.9 Å². The molecule has 0 atom stereocenters. The molecular weight excluding hydrogens is 240 g/mol. The topological polar surface area (TPSA) is 80.0 Å². The standard InChI is InChI=1S/C14H16N4O/c1-10-3-2-8-16-13(10)9-17-14(19)18-12-6-4-11(15)5-7-12/h2-8H,9,15H2,1H3,(H2,17,18,19). The van der Waals surface area contributed by atoms with Crippen LogP contribution in [0, 0.1) is 6.92 Å². The number of amides is 2. The summed E-state index contributed by atoms with van der Waals surface area (Å²) in [5.41, 5.74) is 8.84. The first-order valence-corrected chi connectivity index (χ1v) is 5.96. The van der Waals surface area contributed by atoms with E-state index in [-0.39, 0.29) is 6.03 Å². The van der Waals surface area contributed by atoms with E-state index >= 15 is 0 Å². The summed E-state index contributed by atoms with van der Waals surface area (Å²) >= 11 is 0. The van der Waals surface area contributed by atoms with Crippen LogP contribution in [0.1, 0.15) is 11.3 Å². The molecule has 2 amide bonds. The molecule has 4 N–H and O–H groups in total. The van der Waals surface area contributed by atoms with Gasteiger partial charge in [-0.2, -0.15) is 0 Å². The van der Waals surface area contributed by atoms with Gasteiger partial charge in [0.25, 0.3) is 0 Å². The van der Waals surface area contributed by atoms with Crippen molar-refractivity contribution in [2.45, 2.75) is 13.5 Å². The van der Waals surface area contributed by atoms with E-state index in [1.807, 2.05) is 19.1 Å². The number of nitrogens with two attached hydrogens (primary N) is 1. The predicted octanol–water partition coefficient (Wildman–Crippen LogP) is 2.29. The van der Waals surface area contributed by atoms with E-state index in [2.05, 4.69) is 15.6 Å². The third-order valence-electron chi connectivity index (χ3n) is 2.70. The third-order valence-corrected chi connectivity index (χ3v) is 2.70. The molecule has 0 saturated carbocycles. The van der Waals surface area contributed by atoms with E-state index in [1.54, 1.807) is 30.5 Å². The number of nitrogen functional groups attached to an aromatic ring is 1. The predicted molar refractivity (Wildman–Crippen MR) is 75.7 cm³/mol. The quantitative estimate of drug-likeness (QED) is 0.737. The molecule has 1 aromatic carbocycles. The summed E-state index contributed by atoms with van der Waals surface area (Å²) in [4.78, 5) is 15.9. The molecule has 0 aliphatic heterocycles. The van der Waals surface area contributed by atoms with Gasteiger partial charge in [0.05, 0.1) is 12.2 Å². The van der Waals surface area contributed by atoms with Crippen molar-refractivity contribution in [1.82, 2.24) is 10.3 Å². The summed E-state index contributed by atoms with van der Waals surface area (Å²) < 4.78 is 0. The number of urea groups is 1. The molecule has 19 heavy (non-hydrogen) atoms. The number of pyridine rings is 1. The summed E-state index contributed by atoms with van der Waals surface area (Å²) in [5, 5.41) is 5.48. The van der Waals surface area contributed by atoms with Gasteiger partial charge in [-0.15, -0.1) is 0 Å². The SMILES string of the molecule is Cc1cccnc1CNC(=O)Nc1ccc(N)cc1. The van der Waals surface area contributed by atoms with Crippen LogP contribution in [-0.4, -0.2) is 11.0 Å². The van der Waals surface area contributed by atoms with Gasteiger partial charge in [-0.1, -0.05) is 6.07 Å². The van der Waals surface area contributed by atoms with Crippen molar-refractivity contribution in [1.29, 1.82) is 0 Å². The van der Waals surface area contributed by atoms with Crippen molar-refractivity contribution >= 4 is 17.4 Å². The van der Waals surface area contributed by atoms with Gasteiger partial charge in [0.2, 0.25) is 0 Å². The Kier molecular flexibility index (Phi) is 3.97. The molecule has 2 rings (SSSR count). The van der Waals surface area contributed by atoms with Crippen molar-refractivity contribution in [2.24, 2.45) is 0 Å². The summed E-state index contributed by atoms with van der Waals surface area (Å²) in [6.07, 6.45) is 1.71. The van der Waals surface area contributed by atoms with Crippen LogP contribution in [0.3, 0.4) is 0 Å². The number of hydrogen-bond acceptors (Lipinski definition) is 3. The normalized spacial score (nSPS) is 9.95. The minimum absolute atomic E-state index is 0.269. The second-order valence-electron chi connectivity index (χ2n) is 4.20. The highest BCUT2D eigenvalue weighted by molar-refractivity contribution is 5.89. The van der Waals surface area contributed by atoms with Gasteiger partial charge in [0.1, 0.15) is 0 Å². The molecule has 5 heteroatoms. The van der Waals surface area contributed by atoms with Crippen LogP contribution in [0.25, 0.3) is 0 Å². The van der Waals surface area contributed by atoms with Crippen LogP contribution in [0.15, 0.2) is 42.6 Å². The Morgan fingerprint density at radius 2 is 2.00 bits per heavy atom. The first kappa shape index (κ1) is 12.9. The molecule has 0 spiro atoms. The number of nitrogens with one attached hydrogen (secondary N) is 2. The third kappa shape index (κ3) is 3.70. The van der Waals surface area contributed by atoms with Crippen LogP contribution >= 0.6 is 0 Å². The van der Waals surface area contributed by atoms with Crippen molar-refractivity contribution in [2.75, 3.05) is 11.1 Å². The molecule has 0 saturated heterocycles. The van der Waals surface area contributed by atoms with Crippen molar-refractivity contribution in [3.05, 3.63) is 53.9 Å². The molecule has 0 aliphatic carbocycles. The maximum absolute atomic E-state index is 11.7. The van der Waals surface area contributed by atoms with Gasteiger partial charge in [-0.05, 0) is 42.8 Å². The number of anilines is 2. The Morgan fingerprint density at radius 3 is 2.68 bits per heavy atom. The molecule has 2 aromatic rings. The Bertz CT molecular complexity index is 566. The smallest absolute Gasteiger partial charge is 0.319 e. The number of carbonyl (C=O) groups excluding carboxylic acids is 1. The fourth-order valence-electron chi connectivity index (χ4n) is 1.61. The average Bonchev–Trinajstić information content (AvgIpc) is 2.40. The maximum Gasteiger partial charge on any atom is 0.319 e. The molecule has 0 bridgehead atoms. The highest BCUT2D eigenvalue weighted by Gasteiger charge is 2.03. The van der Waals surface area contributed by atoms with E-state index < -0.39 is 0 Å². The molecule has 5 nitrogen and oxygen atoms in total. The van der Waals surface area contributed by atoms with Crippen molar-refractivity contribution in [3.63, 3.8) is 0 Å². The monoisotopic (exact) mass is 256 g/mol.